The van der Waals surface area contributed by atoms with Crippen LogP contribution in [0.2, 0.25) is 0 Å². The van der Waals surface area contributed by atoms with Crippen molar-refractivity contribution in [3.8, 4) is 0 Å². The van der Waals surface area contributed by atoms with Crippen molar-refractivity contribution in [2.24, 2.45) is 5.92 Å². The lowest BCUT2D eigenvalue weighted by Crippen LogP contribution is -2.12. The molecule has 1 aliphatic rings. The Hall–Kier alpha value is -1.09. The van der Waals surface area contributed by atoms with Gasteiger partial charge in [-0.25, -0.2) is 9.97 Å². The highest BCUT2D eigenvalue weighted by atomic mass is 35.5. The molecule has 2 aromatic heterocycles. The number of halogens is 1. The summed E-state index contributed by atoms with van der Waals surface area (Å²) < 4.78 is 2.28. The molecule has 3 rings (SSSR count). The van der Waals surface area contributed by atoms with E-state index < -0.39 is 0 Å². The highest BCUT2D eigenvalue weighted by Gasteiger charge is 2.16. The lowest BCUT2D eigenvalue weighted by Gasteiger charge is -2.22. The van der Waals surface area contributed by atoms with Crippen LogP contribution in [0.15, 0.2) is 18.3 Å². The number of nitrogens with zero attached hydrogens (tertiary/aromatic N) is 3. The maximum Gasteiger partial charge on any atom is 0.159 e. The summed E-state index contributed by atoms with van der Waals surface area (Å²) in [5.41, 5.74) is 2.01. The highest BCUT2D eigenvalue weighted by molar-refractivity contribution is 6.17. The first-order valence-corrected chi connectivity index (χ1v) is 8.28. The lowest BCUT2D eigenvalue weighted by atomic mass is 9.87. The minimum absolute atomic E-state index is 0.618. The normalized spacial score (nSPS) is 16.9. The van der Waals surface area contributed by atoms with Crippen molar-refractivity contribution in [1.29, 1.82) is 0 Å². The topological polar surface area (TPSA) is 30.7 Å². The highest BCUT2D eigenvalue weighted by Crippen LogP contribution is 2.27. The molecule has 0 spiro atoms. The van der Waals surface area contributed by atoms with Crippen LogP contribution in [0.4, 0.5) is 0 Å². The van der Waals surface area contributed by atoms with E-state index in [0.29, 0.717) is 5.88 Å². The predicted molar refractivity (Wildman–Crippen MR) is 83.1 cm³/mol. The smallest absolute Gasteiger partial charge is 0.159 e. The van der Waals surface area contributed by atoms with E-state index in [-0.39, 0.29) is 0 Å². The summed E-state index contributed by atoms with van der Waals surface area (Å²) >= 11 is 5.91. The molecule has 0 aromatic carbocycles. The molecular weight excluding hydrogens is 270 g/mol. The Morgan fingerprint density at radius 3 is 2.90 bits per heavy atom. The van der Waals surface area contributed by atoms with E-state index >= 15 is 0 Å². The van der Waals surface area contributed by atoms with Crippen LogP contribution in [-0.4, -0.2) is 20.4 Å². The van der Waals surface area contributed by atoms with Gasteiger partial charge in [0.25, 0.3) is 0 Å². The first-order chi connectivity index (χ1) is 9.88. The average Bonchev–Trinajstić information content (AvgIpc) is 2.84. The van der Waals surface area contributed by atoms with Crippen LogP contribution in [0.3, 0.4) is 0 Å². The Bertz CT molecular complexity index is 558. The summed E-state index contributed by atoms with van der Waals surface area (Å²) in [6.07, 6.45) is 10.9. The van der Waals surface area contributed by atoms with Crippen LogP contribution < -0.4 is 0 Å². The molecule has 0 radical (unpaired) electrons. The molecule has 4 heteroatoms. The number of alkyl halides is 1. The number of aryl methyl sites for hydroxylation is 2. The SMILES string of the molecule is ClCCc1nc2cccnc2n1CCC1CCCCC1. The number of aromatic nitrogens is 3. The molecule has 1 saturated carbocycles. The van der Waals surface area contributed by atoms with E-state index in [1.807, 2.05) is 18.3 Å². The van der Waals surface area contributed by atoms with Crippen molar-refractivity contribution in [1.82, 2.24) is 14.5 Å². The van der Waals surface area contributed by atoms with E-state index in [4.69, 9.17) is 11.6 Å². The van der Waals surface area contributed by atoms with E-state index in [1.165, 1.54) is 38.5 Å². The fourth-order valence-electron chi connectivity index (χ4n) is 3.30. The molecule has 1 aliphatic carbocycles. The minimum atomic E-state index is 0.618. The molecule has 0 saturated heterocycles. The third-order valence-electron chi connectivity index (χ3n) is 4.39. The van der Waals surface area contributed by atoms with Gasteiger partial charge in [0.15, 0.2) is 5.65 Å². The van der Waals surface area contributed by atoms with Crippen molar-refractivity contribution in [2.45, 2.75) is 51.5 Å². The monoisotopic (exact) mass is 291 g/mol. The third kappa shape index (κ3) is 2.98. The van der Waals surface area contributed by atoms with Gasteiger partial charge < -0.3 is 4.57 Å². The zero-order valence-electron chi connectivity index (χ0n) is 11.9. The summed E-state index contributed by atoms with van der Waals surface area (Å²) in [5, 5.41) is 0. The van der Waals surface area contributed by atoms with Gasteiger partial charge in [0.2, 0.25) is 0 Å². The van der Waals surface area contributed by atoms with E-state index in [2.05, 4.69) is 14.5 Å². The molecule has 2 heterocycles. The number of hydrogen-bond donors (Lipinski definition) is 0. The molecule has 1 fully saturated rings. The zero-order chi connectivity index (χ0) is 13.8. The van der Waals surface area contributed by atoms with Gasteiger partial charge in [-0.2, -0.15) is 0 Å². The summed E-state index contributed by atoms with van der Waals surface area (Å²) in [4.78, 5) is 9.19. The molecule has 3 nitrogen and oxygen atoms in total. The number of rotatable bonds is 5. The third-order valence-corrected chi connectivity index (χ3v) is 4.58. The Balaban J connectivity index is 1.79. The fraction of sp³-hybridized carbons (Fsp3) is 0.625. The molecule has 0 amide bonds. The first-order valence-electron chi connectivity index (χ1n) is 7.74. The first kappa shape index (κ1) is 13.9. The van der Waals surface area contributed by atoms with Crippen LogP contribution >= 0.6 is 11.6 Å². The Kier molecular flexibility index (Phi) is 4.56. The van der Waals surface area contributed by atoms with Crippen molar-refractivity contribution in [3.05, 3.63) is 24.2 Å². The molecule has 0 atom stereocenters. The van der Waals surface area contributed by atoms with Crippen molar-refractivity contribution >= 4 is 22.8 Å². The number of imidazole rings is 1. The number of fused-ring (bicyclic) bond motifs is 1. The van der Waals surface area contributed by atoms with Crippen LogP contribution in [0.25, 0.3) is 11.2 Å². The second-order valence-corrected chi connectivity index (χ2v) is 6.14. The van der Waals surface area contributed by atoms with Crippen LogP contribution in [-0.2, 0) is 13.0 Å². The Morgan fingerprint density at radius 2 is 2.10 bits per heavy atom. The number of pyridine rings is 1. The van der Waals surface area contributed by atoms with Gasteiger partial charge in [-0.05, 0) is 24.5 Å². The predicted octanol–water partition coefficient (Wildman–Crippen LogP) is 4.18. The summed E-state index contributed by atoms with van der Waals surface area (Å²) in [5.74, 6) is 2.59. The van der Waals surface area contributed by atoms with Gasteiger partial charge >= 0.3 is 0 Å². The summed E-state index contributed by atoms with van der Waals surface area (Å²) in [6.45, 7) is 1.03. The molecule has 0 unspecified atom stereocenters. The second-order valence-electron chi connectivity index (χ2n) is 5.76. The van der Waals surface area contributed by atoms with Gasteiger partial charge in [-0.15, -0.1) is 11.6 Å². The molecule has 0 aliphatic heterocycles. The van der Waals surface area contributed by atoms with Crippen LogP contribution in [0.5, 0.6) is 0 Å². The van der Waals surface area contributed by atoms with Gasteiger partial charge in [0.05, 0.1) is 0 Å². The zero-order valence-corrected chi connectivity index (χ0v) is 12.6. The standard InChI is InChI=1S/C16H22ClN3/c17-10-8-15-19-14-7-4-11-18-16(14)20(15)12-9-13-5-2-1-3-6-13/h4,7,11,13H,1-3,5-6,8-10,12H2. The maximum absolute atomic E-state index is 5.91. The number of hydrogen-bond acceptors (Lipinski definition) is 2. The van der Waals surface area contributed by atoms with Crippen LogP contribution in [0, 0.1) is 5.92 Å². The van der Waals surface area contributed by atoms with Gasteiger partial charge in [-0.3, -0.25) is 0 Å². The quantitative estimate of drug-likeness (QED) is 0.774. The average molecular weight is 292 g/mol. The fourth-order valence-corrected chi connectivity index (χ4v) is 3.47. The Morgan fingerprint density at radius 1 is 1.25 bits per heavy atom. The van der Waals surface area contributed by atoms with E-state index in [1.54, 1.807) is 0 Å². The molecule has 0 bridgehead atoms. The molecule has 0 N–H and O–H groups in total. The largest absolute Gasteiger partial charge is 0.313 e. The molecule has 2 aromatic rings. The van der Waals surface area contributed by atoms with Crippen molar-refractivity contribution in [3.63, 3.8) is 0 Å². The molecular formula is C16H22ClN3. The second kappa shape index (κ2) is 6.57. The van der Waals surface area contributed by atoms with Crippen molar-refractivity contribution in [2.75, 3.05) is 5.88 Å². The van der Waals surface area contributed by atoms with E-state index in [0.717, 1.165) is 35.9 Å². The summed E-state index contributed by atoms with van der Waals surface area (Å²) in [7, 11) is 0. The van der Waals surface area contributed by atoms with E-state index in [9.17, 15) is 0 Å². The molecule has 108 valence electrons. The Labute approximate surface area is 125 Å². The maximum atomic E-state index is 5.91. The van der Waals surface area contributed by atoms with Gasteiger partial charge in [0.1, 0.15) is 11.3 Å². The lowest BCUT2D eigenvalue weighted by molar-refractivity contribution is 0.324. The molecule has 20 heavy (non-hydrogen) atoms. The van der Waals surface area contributed by atoms with Gasteiger partial charge in [-0.1, -0.05) is 32.1 Å². The van der Waals surface area contributed by atoms with Crippen molar-refractivity contribution < 1.29 is 0 Å². The van der Waals surface area contributed by atoms with Crippen LogP contribution in [0.1, 0.15) is 44.3 Å². The minimum Gasteiger partial charge on any atom is -0.313 e. The summed E-state index contributed by atoms with van der Waals surface area (Å²) in [6, 6.07) is 3.99. The van der Waals surface area contributed by atoms with Gasteiger partial charge in [0, 0.05) is 25.0 Å².